The Morgan fingerprint density at radius 2 is 2.00 bits per heavy atom. The van der Waals surface area contributed by atoms with Crippen molar-refractivity contribution in [2.75, 3.05) is 0 Å². The molecule has 0 radical (unpaired) electrons. The number of benzene rings is 1. The fraction of sp³-hybridized carbons (Fsp3) is 0.231. The summed E-state index contributed by atoms with van der Waals surface area (Å²) in [4.78, 5) is 26.5. The van der Waals surface area contributed by atoms with Crippen molar-refractivity contribution < 1.29 is 19.2 Å². The zero-order valence-corrected chi connectivity index (χ0v) is 10.1. The molecule has 94 valence electrons. The summed E-state index contributed by atoms with van der Waals surface area (Å²) in [5, 5.41) is 0. The number of hydroxylamine groups is 1. The highest BCUT2D eigenvalue weighted by Gasteiger charge is 2.19. The van der Waals surface area contributed by atoms with Crippen LogP contribution in [0.1, 0.15) is 25.0 Å². The predicted molar refractivity (Wildman–Crippen MR) is 64.3 cm³/mol. The van der Waals surface area contributed by atoms with Crippen molar-refractivity contribution in [3.63, 3.8) is 0 Å². The summed E-state index contributed by atoms with van der Waals surface area (Å²) in [6.07, 6.45) is 2.50. The molecule has 0 atom stereocenters. The second-order valence-electron chi connectivity index (χ2n) is 3.89. The van der Waals surface area contributed by atoms with Crippen LogP contribution >= 0.6 is 0 Å². The molecule has 0 amide bonds. The van der Waals surface area contributed by atoms with Crippen LogP contribution in [-0.2, 0) is 20.8 Å². The van der Waals surface area contributed by atoms with E-state index in [0.29, 0.717) is 17.9 Å². The Bertz CT molecular complexity index is 534. The van der Waals surface area contributed by atoms with Crippen LogP contribution < -0.4 is 10.2 Å². The standard InChI is InChI=1S/C13H13NO4/c1-8(15)17-13-5-3-4-10-11(13)6-7-12(10)14-18-9(2)16/h3-5,7,14H,6H2,1-2H3. The number of hydrogen-bond acceptors (Lipinski definition) is 5. The van der Waals surface area contributed by atoms with Gasteiger partial charge in [0.15, 0.2) is 0 Å². The maximum Gasteiger partial charge on any atom is 0.329 e. The summed E-state index contributed by atoms with van der Waals surface area (Å²) in [6, 6.07) is 5.40. The Balaban J connectivity index is 2.21. The van der Waals surface area contributed by atoms with Gasteiger partial charge in [-0.1, -0.05) is 18.2 Å². The summed E-state index contributed by atoms with van der Waals surface area (Å²) >= 11 is 0. The summed E-state index contributed by atoms with van der Waals surface area (Å²) in [5.41, 5.74) is 5.07. The molecule has 0 aromatic heterocycles. The van der Waals surface area contributed by atoms with Crippen LogP contribution in [0.15, 0.2) is 24.3 Å². The maximum absolute atomic E-state index is 11.0. The number of esters is 1. The van der Waals surface area contributed by atoms with E-state index in [-0.39, 0.29) is 5.97 Å². The smallest absolute Gasteiger partial charge is 0.329 e. The lowest BCUT2D eigenvalue weighted by Crippen LogP contribution is -2.15. The van der Waals surface area contributed by atoms with Gasteiger partial charge in [0.05, 0.1) is 5.70 Å². The van der Waals surface area contributed by atoms with Gasteiger partial charge >= 0.3 is 11.9 Å². The van der Waals surface area contributed by atoms with E-state index in [0.717, 1.165) is 11.1 Å². The van der Waals surface area contributed by atoms with Crippen LogP contribution in [-0.4, -0.2) is 11.9 Å². The third-order valence-corrected chi connectivity index (χ3v) is 2.49. The quantitative estimate of drug-likeness (QED) is 0.499. The maximum atomic E-state index is 11.0. The molecule has 1 aliphatic carbocycles. The number of hydrogen-bond donors (Lipinski definition) is 1. The van der Waals surface area contributed by atoms with Crippen LogP contribution in [0, 0.1) is 0 Å². The highest BCUT2D eigenvalue weighted by atomic mass is 16.7. The van der Waals surface area contributed by atoms with Gasteiger partial charge in [-0.05, 0) is 12.5 Å². The molecular formula is C13H13NO4. The lowest BCUT2D eigenvalue weighted by Gasteiger charge is -2.10. The molecule has 0 heterocycles. The number of rotatable bonds is 3. The van der Waals surface area contributed by atoms with Gasteiger partial charge in [-0.25, -0.2) is 5.48 Å². The molecule has 0 bridgehead atoms. The van der Waals surface area contributed by atoms with E-state index in [2.05, 4.69) is 5.48 Å². The third-order valence-electron chi connectivity index (χ3n) is 2.49. The minimum absolute atomic E-state index is 0.357. The molecule has 0 saturated carbocycles. The van der Waals surface area contributed by atoms with Gasteiger partial charge in [-0.2, -0.15) is 0 Å². The molecule has 1 aromatic rings. The fourth-order valence-electron chi connectivity index (χ4n) is 1.82. The minimum Gasteiger partial charge on any atom is -0.426 e. The second-order valence-corrected chi connectivity index (χ2v) is 3.89. The van der Waals surface area contributed by atoms with Crippen LogP contribution in [0.3, 0.4) is 0 Å². The van der Waals surface area contributed by atoms with Gasteiger partial charge in [0, 0.05) is 25.0 Å². The van der Waals surface area contributed by atoms with E-state index in [1.807, 2.05) is 12.1 Å². The first-order valence-corrected chi connectivity index (χ1v) is 5.52. The van der Waals surface area contributed by atoms with Crippen molar-refractivity contribution in [3.05, 3.63) is 35.4 Å². The minimum atomic E-state index is -0.416. The van der Waals surface area contributed by atoms with Gasteiger partial charge in [-0.3, -0.25) is 9.59 Å². The van der Waals surface area contributed by atoms with E-state index in [9.17, 15) is 9.59 Å². The van der Waals surface area contributed by atoms with Gasteiger partial charge in [0.1, 0.15) is 5.75 Å². The Kier molecular flexibility index (Phi) is 3.32. The average Bonchev–Trinajstić information content (AvgIpc) is 2.70. The number of allylic oxidation sites excluding steroid dienone is 1. The summed E-state index contributed by atoms with van der Waals surface area (Å²) < 4.78 is 5.12. The van der Waals surface area contributed by atoms with Crippen molar-refractivity contribution in [1.82, 2.24) is 5.48 Å². The van der Waals surface area contributed by atoms with Crippen molar-refractivity contribution in [3.8, 4) is 5.75 Å². The Hall–Kier alpha value is -2.30. The predicted octanol–water partition coefficient (Wildman–Crippen LogP) is 1.58. The SMILES string of the molecule is CC(=O)ONC1=CCc2c(OC(C)=O)cccc21. The van der Waals surface area contributed by atoms with E-state index >= 15 is 0 Å². The topological polar surface area (TPSA) is 64.6 Å². The molecule has 0 saturated heterocycles. The van der Waals surface area contributed by atoms with Gasteiger partial charge in [0.2, 0.25) is 0 Å². The highest BCUT2D eigenvalue weighted by Crippen LogP contribution is 2.32. The Labute approximate surface area is 104 Å². The van der Waals surface area contributed by atoms with Crippen LogP contribution in [0.2, 0.25) is 0 Å². The molecule has 0 fully saturated rings. The van der Waals surface area contributed by atoms with Gasteiger partial charge in [0.25, 0.3) is 0 Å². The fourth-order valence-corrected chi connectivity index (χ4v) is 1.82. The van der Waals surface area contributed by atoms with Crippen molar-refractivity contribution >= 4 is 17.6 Å². The number of fused-ring (bicyclic) bond motifs is 1. The molecule has 2 rings (SSSR count). The van der Waals surface area contributed by atoms with E-state index in [1.54, 1.807) is 12.1 Å². The molecule has 5 nitrogen and oxygen atoms in total. The number of carbonyl (C=O) groups is 2. The molecule has 1 aromatic carbocycles. The van der Waals surface area contributed by atoms with E-state index in [4.69, 9.17) is 9.57 Å². The zero-order chi connectivity index (χ0) is 13.1. The molecule has 0 spiro atoms. The number of ether oxygens (including phenoxy) is 1. The Morgan fingerprint density at radius 3 is 2.67 bits per heavy atom. The molecule has 5 heteroatoms. The third kappa shape index (κ3) is 2.51. The van der Waals surface area contributed by atoms with E-state index in [1.165, 1.54) is 13.8 Å². The summed E-state index contributed by atoms with van der Waals surface area (Å²) in [7, 11) is 0. The summed E-state index contributed by atoms with van der Waals surface area (Å²) in [6.45, 7) is 2.68. The van der Waals surface area contributed by atoms with Gasteiger partial charge < -0.3 is 9.57 Å². The monoisotopic (exact) mass is 247 g/mol. The molecule has 0 aliphatic heterocycles. The molecular weight excluding hydrogens is 234 g/mol. The average molecular weight is 247 g/mol. The molecule has 1 aliphatic rings. The molecule has 0 unspecified atom stereocenters. The lowest BCUT2D eigenvalue weighted by molar-refractivity contribution is -0.145. The van der Waals surface area contributed by atoms with Crippen molar-refractivity contribution in [2.24, 2.45) is 0 Å². The summed E-state index contributed by atoms with van der Waals surface area (Å²) in [5.74, 6) is -0.235. The largest absolute Gasteiger partial charge is 0.426 e. The second kappa shape index (κ2) is 4.91. The zero-order valence-electron chi connectivity index (χ0n) is 10.1. The molecule has 18 heavy (non-hydrogen) atoms. The number of nitrogens with one attached hydrogen (secondary N) is 1. The van der Waals surface area contributed by atoms with Crippen molar-refractivity contribution in [1.29, 1.82) is 0 Å². The van der Waals surface area contributed by atoms with Crippen LogP contribution in [0.25, 0.3) is 5.70 Å². The highest BCUT2D eigenvalue weighted by molar-refractivity contribution is 5.77. The lowest BCUT2D eigenvalue weighted by atomic mass is 10.1. The van der Waals surface area contributed by atoms with Gasteiger partial charge in [-0.15, -0.1) is 0 Å². The normalized spacial score (nSPS) is 12.4. The first-order valence-electron chi connectivity index (χ1n) is 5.52. The molecule has 1 N–H and O–H groups in total. The van der Waals surface area contributed by atoms with Crippen LogP contribution in [0.5, 0.6) is 5.75 Å². The first kappa shape index (κ1) is 12.2. The Morgan fingerprint density at radius 1 is 1.22 bits per heavy atom. The number of carbonyl (C=O) groups excluding carboxylic acids is 2. The van der Waals surface area contributed by atoms with E-state index < -0.39 is 5.97 Å². The van der Waals surface area contributed by atoms with Crippen LogP contribution in [0.4, 0.5) is 0 Å². The van der Waals surface area contributed by atoms with Crippen molar-refractivity contribution in [2.45, 2.75) is 20.3 Å². The first-order chi connectivity index (χ1) is 8.58.